The van der Waals surface area contributed by atoms with Gasteiger partial charge in [0.2, 0.25) is 0 Å². The van der Waals surface area contributed by atoms with Crippen LogP contribution < -0.4 is 0 Å². The fourth-order valence-electron chi connectivity index (χ4n) is 12.0. The third-order valence-electron chi connectivity index (χ3n) is 18.2. The summed E-state index contributed by atoms with van der Waals surface area (Å²) in [6.07, 6.45) is 58.1. The molecule has 0 aliphatic heterocycles. The highest BCUT2D eigenvalue weighted by atomic mass is 31.2. The highest BCUT2D eigenvalue weighted by molar-refractivity contribution is 7.47. The van der Waals surface area contributed by atoms with Gasteiger partial charge < -0.3 is 33.8 Å². The van der Waals surface area contributed by atoms with E-state index in [1.807, 2.05) is 0 Å². The maximum absolute atomic E-state index is 13.1. The summed E-state index contributed by atoms with van der Waals surface area (Å²) in [7, 11) is -9.91. The molecule has 0 amide bonds. The van der Waals surface area contributed by atoms with Gasteiger partial charge in [0, 0.05) is 25.7 Å². The topological polar surface area (TPSA) is 237 Å². The molecule has 0 aromatic heterocycles. The molecule has 0 radical (unpaired) electrons. The molecule has 0 spiro atoms. The largest absolute Gasteiger partial charge is 0.472 e. The Morgan fingerprint density at radius 2 is 0.474 bits per heavy atom. The van der Waals surface area contributed by atoms with Gasteiger partial charge in [-0.1, -0.05) is 356 Å². The predicted octanol–water partition coefficient (Wildman–Crippen LogP) is 23.1. The standard InChI is InChI=1S/C78H152O17P2/c1-7-9-11-13-15-17-19-24-31-38-44-50-56-62-77(82)94-73(66-88-75(80)60-54-48-42-36-30-20-18-16-14-12-10-8-2)68-92-96(84,85)90-64-72(79)65-91-97(86,87)93-69-74(67-89-76(81)61-55-49-43-37-33-27-29-35-41-47-53-59-71(5)6)95-78(83)63-57-51-45-39-32-26-23-21-22-25-28-34-40-46-52-58-70(3)4/h70-74,79H,7-69H2,1-6H3,(H,84,85)(H,86,87)/t72-,73+,74+/m0/s1. The second kappa shape index (κ2) is 69.8. The van der Waals surface area contributed by atoms with Gasteiger partial charge in [-0.2, -0.15) is 0 Å². The van der Waals surface area contributed by atoms with E-state index < -0.39 is 97.5 Å². The van der Waals surface area contributed by atoms with Gasteiger partial charge >= 0.3 is 39.5 Å². The van der Waals surface area contributed by atoms with Crippen LogP contribution in [0.4, 0.5) is 0 Å². The smallest absolute Gasteiger partial charge is 0.462 e. The molecule has 0 aromatic carbocycles. The van der Waals surface area contributed by atoms with Crippen molar-refractivity contribution in [3.63, 3.8) is 0 Å². The van der Waals surface area contributed by atoms with Crippen LogP contribution in [0.3, 0.4) is 0 Å². The van der Waals surface area contributed by atoms with Crippen LogP contribution in [0.25, 0.3) is 0 Å². The summed E-state index contributed by atoms with van der Waals surface area (Å²) in [4.78, 5) is 72.9. The van der Waals surface area contributed by atoms with Gasteiger partial charge in [0.05, 0.1) is 26.4 Å². The zero-order valence-corrected chi connectivity index (χ0v) is 65.2. The first-order chi connectivity index (χ1) is 46.9. The third kappa shape index (κ3) is 72.2. The zero-order chi connectivity index (χ0) is 71.4. The van der Waals surface area contributed by atoms with Crippen molar-refractivity contribution in [3.8, 4) is 0 Å². The summed E-state index contributed by atoms with van der Waals surface area (Å²) in [5.74, 6) is -0.536. The number of unbranched alkanes of at least 4 members (excludes halogenated alkanes) is 47. The Morgan fingerprint density at radius 3 is 0.701 bits per heavy atom. The van der Waals surface area contributed by atoms with Crippen molar-refractivity contribution in [1.82, 2.24) is 0 Å². The van der Waals surface area contributed by atoms with E-state index in [0.717, 1.165) is 102 Å². The van der Waals surface area contributed by atoms with Gasteiger partial charge in [0.1, 0.15) is 19.3 Å². The number of carbonyl (C=O) groups is 4. The number of carbonyl (C=O) groups excluding carboxylic acids is 4. The maximum atomic E-state index is 13.1. The first-order valence-corrected chi connectivity index (χ1v) is 43.5. The van der Waals surface area contributed by atoms with Crippen LogP contribution in [0, 0.1) is 11.8 Å². The van der Waals surface area contributed by atoms with E-state index in [1.54, 1.807) is 0 Å². The van der Waals surface area contributed by atoms with Crippen molar-refractivity contribution in [1.29, 1.82) is 0 Å². The minimum absolute atomic E-state index is 0.108. The molecule has 3 N–H and O–H groups in total. The second-order valence-corrected chi connectivity index (χ2v) is 32.0. The van der Waals surface area contributed by atoms with E-state index in [4.69, 9.17) is 37.0 Å². The molecule has 576 valence electrons. The van der Waals surface area contributed by atoms with Gasteiger partial charge in [-0.15, -0.1) is 0 Å². The SMILES string of the molecule is CCCCCCCCCCCCCCCC(=O)O[C@H](COC(=O)CCCCCCCCCCCCCC)COP(=O)(O)OC[C@H](O)COP(=O)(O)OC[C@@H](COC(=O)CCCCCCCCCCCCCC(C)C)OC(=O)CCCCCCCCCCCCCCCCCC(C)C. The van der Waals surface area contributed by atoms with Crippen LogP contribution >= 0.6 is 15.6 Å². The summed E-state index contributed by atoms with van der Waals surface area (Å²) < 4.78 is 68.6. The number of phosphoric acid groups is 2. The number of hydrogen-bond donors (Lipinski definition) is 3. The molecule has 0 saturated heterocycles. The van der Waals surface area contributed by atoms with E-state index >= 15 is 0 Å². The molecule has 0 rings (SSSR count). The summed E-state index contributed by atoms with van der Waals surface area (Å²) in [6, 6.07) is 0. The predicted molar refractivity (Wildman–Crippen MR) is 395 cm³/mol. The number of hydrogen-bond acceptors (Lipinski definition) is 15. The molecule has 0 heterocycles. The average molecular weight is 1420 g/mol. The Balaban J connectivity index is 5.25. The Labute approximate surface area is 594 Å². The molecule has 0 aromatic rings. The second-order valence-electron chi connectivity index (χ2n) is 29.1. The number of phosphoric ester groups is 2. The van der Waals surface area contributed by atoms with Crippen molar-refractivity contribution in [2.24, 2.45) is 11.8 Å². The van der Waals surface area contributed by atoms with E-state index in [0.29, 0.717) is 25.7 Å². The van der Waals surface area contributed by atoms with Crippen molar-refractivity contribution >= 4 is 39.5 Å². The first-order valence-electron chi connectivity index (χ1n) is 40.5. The molecule has 0 aliphatic rings. The summed E-state index contributed by atoms with van der Waals surface area (Å²) in [5, 5.41) is 10.6. The average Bonchev–Trinajstić information content (AvgIpc) is 1.00. The molecule has 19 heteroatoms. The molecule has 0 fully saturated rings. The number of aliphatic hydroxyl groups excluding tert-OH is 1. The highest BCUT2D eigenvalue weighted by Gasteiger charge is 2.30. The summed E-state index contributed by atoms with van der Waals surface area (Å²) in [5.41, 5.74) is 0. The molecule has 17 nitrogen and oxygen atoms in total. The van der Waals surface area contributed by atoms with Crippen LogP contribution in [-0.4, -0.2) is 96.7 Å². The lowest BCUT2D eigenvalue weighted by Crippen LogP contribution is -2.30. The first kappa shape index (κ1) is 95.1. The number of rotatable bonds is 77. The molecule has 0 aliphatic carbocycles. The van der Waals surface area contributed by atoms with Crippen molar-refractivity contribution < 1.29 is 80.2 Å². The lowest BCUT2D eigenvalue weighted by Gasteiger charge is -2.21. The lowest BCUT2D eigenvalue weighted by atomic mass is 10.0. The molecule has 0 saturated carbocycles. The highest BCUT2D eigenvalue weighted by Crippen LogP contribution is 2.45. The number of aliphatic hydroxyl groups is 1. The van der Waals surface area contributed by atoms with Crippen molar-refractivity contribution in [3.05, 3.63) is 0 Å². The van der Waals surface area contributed by atoms with Crippen LogP contribution in [0.1, 0.15) is 408 Å². The summed E-state index contributed by atoms with van der Waals surface area (Å²) >= 11 is 0. The van der Waals surface area contributed by atoms with E-state index in [9.17, 15) is 43.2 Å². The normalized spacial score (nSPS) is 14.0. The molecule has 2 unspecified atom stereocenters. The van der Waals surface area contributed by atoms with Crippen LogP contribution in [0.15, 0.2) is 0 Å². The number of ether oxygens (including phenoxy) is 4. The minimum atomic E-state index is -4.96. The van der Waals surface area contributed by atoms with Gasteiger partial charge in [-0.25, -0.2) is 9.13 Å². The molecule has 0 bridgehead atoms. The van der Waals surface area contributed by atoms with Crippen LogP contribution in [0.2, 0.25) is 0 Å². The molecule has 5 atom stereocenters. The van der Waals surface area contributed by atoms with Crippen LogP contribution in [0.5, 0.6) is 0 Å². The molecular weight excluding hydrogens is 1270 g/mol. The third-order valence-corrected chi connectivity index (χ3v) is 20.1. The Bertz CT molecular complexity index is 1870. The molecular formula is C78H152O17P2. The summed E-state index contributed by atoms with van der Waals surface area (Å²) in [6.45, 7) is 9.65. The van der Waals surface area contributed by atoms with E-state index in [-0.39, 0.29) is 25.7 Å². The Morgan fingerprint density at radius 1 is 0.278 bits per heavy atom. The lowest BCUT2D eigenvalue weighted by molar-refractivity contribution is -0.161. The zero-order valence-electron chi connectivity index (χ0n) is 63.4. The van der Waals surface area contributed by atoms with Gasteiger partial charge in [-0.05, 0) is 37.5 Å². The Hall–Kier alpha value is -1.94. The van der Waals surface area contributed by atoms with Crippen LogP contribution in [-0.2, 0) is 65.4 Å². The monoisotopic (exact) mass is 1420 g/mol. The Kier molecular flexibility index (Phi) is 68.4. The van der Waals surface area contributed by atoms with E-state index in [2.05, 4.69) is 41.5 Å². The van der Waals surface area contributed by atoms with Gasteiger partial charge in [0.25, 0.3) is 0 Å². The molecule has 97 heavy (non-hydrogen) atoms. The van der Waals surface area contributed by atoms with Crippen molar-refractivity contribution in [2.45, 2.75) is 426 Å². The quantitative estimate of drug-likeness (QED) is 0.0222. The van der Waals surface area contributed by atoms with Gasteiger partial charge in [-0.3, -0.25) is 37.3 Å². The van der Waals surface area contributed by atoms with Crippen molar-refractivity contribution in [2.75, 3.05) is 39.6 Å². The van der Waals surface area contributed by atoms with Gasteiger partial charge in [0.15, 0.2) is 12.2 Å². The maximum Gasteiger partial charge on any atom is 0.472 e. The fraction of sp³-hybridized carbons (Fsp3) is 0.949. The van der Waals surface area contributed by atoms with E-state index in [1.165, 1.54) is 225 Å². The number of esters is 4. The fourth-order valence-corrected chi connectivity index (χ4v) is 13.6. The minimum Gasteiger partial charge on any atom is -0.462 e.